The van der Waals surface area contributed by atoms with Crippen LogP contribution in [0.4, 0.5) is 0 Å². The Morgan fingerprint density at radius 3 is 2.77 bits per heavy atom. The number of hydrogen-bond donors (Lipinski definition) is 1. The summed E-state index contributed by atoms with van der Waals surface area (Å²) in [5, 5.41) is 23.4. The summed E-state index contributed by atoms with van der Waals surface area (Å²) in [7, 11) is 1.57. The molecule has 160 valence electrons. The molecule has 1 aliphatic heterocycles. The molecule has 0 aromatic carbocycles. The van der Waals surface area contributed by atoms with Crippen LogP contribution in [0.5, 0.6) is 0 Å². The number of aromatic nitrogens is 6. The molecular weight excluding hydrogens is 382 g/mol. The minimum atomic E-state index is -0.596. The number of ether oxygens (including phenoxy) is 1. The van der Waals surface area contributed by atoms with Gasteiger partial charge >= 0.3 is 0 Å². The van der Waals surface area contributed by atoms with Gasteiger partial charge < -0.3 is 9.84 Å². The standard InChI is InChI=1S/C21H29N7O2/c1-4-17(5-2)27-11-16(9-24-27)21-20-6-7-22-28(20)13-19(25-21)15-8-23-26(10-15)12-18(29)14-30-3/h6-11,17-19,29H,4-5,12-14H2,1-3H3/t18-,19?/m0/s1. The van der Waals surface area contributed by atoms with Gasteiger partial charge in [0.1, 0.15) is 0 Å². The lowest BCUT2D eigenvalue weighted by Gasteiger charge is -2.21. The summed E-state index contributed by atoms with van der Waals surface area (Å²) in [4.78, 5) is 5.05. The van der Waals surface area contributed by atoms with Crippen LogP contribution in [0.25, 0.3) is 0 Å². The highest BCUT2D eigenvalue weighted by atomic mass is 16.5. The third-order valence-electron chi connectivity index (χ3n) is 5.58. The van der Waals surface area contributed by atoms with Gasteiger partial charge in [-0.3, -0.25) is 19.0 Å². The van der Waals surface area contributed by atoms with Crippen molar-refractivity contribution in [2.45, 2.75) is 58.0 Å². The average Bonchev–Trinajstić information content (AvgIpc) is 3.49. The number of methoxy groups -OCH3 is 1. The third kappa shape index (κ3) is 4.08. The van der Waals surface area contributed by atoms with Crippen molar-refractivity contribution in [3.8, 4) is 0 Å². The Morgan fingerprint density at radius 1 is 1.17 bits per heavy atom. The Balaban J connectivity index is 1.62. The maximum absolute atomic E-state index is 9.97. The smallest absolute Gasteiger partial charge is 0.0983 e. The first-order valence-corrected chi connectivity index (χ1v) is 10.5. The van der Waals surface area contributed by atoms with Gasteiger partial charge in [0, 0.05) is 36.8 Å². The van der Waals surface area contributed by atoms with Crippen LogP contribution in [0.15, 0.2) is 42.0 Å². The maximum Gasteiger partial charge on any atom is 0.0983 e. The summed E-state index contributed by atoms with van der Waals surface area (Å²) < 4.78 is 10.8. The number of fused-ring (bicyclic) bond motifs is 1. The second-order valence-electron chi connectivity index (χ2n) is 7.68. The fourth-order valence-corrected chi connectivity index (χ4v) is 3.94. The van der Waals surface area contributed by atoms with Crippen molar-refractivity contribution in [2.24, 2.45) is 4.99 Å². The van der Waals surface area contributed by atoms with Gasteiger partial charge in [0.15, 0.2) is 0 Å². The quantitative estimate of drug-likeness (QED) is 0.583. The molecule has 0 amide bonds. The van der Waals surface area contributed by atoms with Crippen molar-refractivity contribution < 1.29 is 9.84 Å². The van der Waals surface area contributed by atoms with E-state index in [0.29, 0.717) is 19.1 Å². The molecular formula is C21H29N7O2. The van der Waals surface area contributed by atoms with Gasteiger partial charge in [0.05, 0.1) is 61.7 Å². The maximum atomic E-state index is 9.97. The fourth-order valence-electron chi connectivity index (χ4n) is 3.94. The Hall–Kier alpha value is -2.78. The molecule has 0 bridgehead atoms. The zero-order chi connectivity index (χ0) is 21.1. The molecule has 9 heteroatoms. The second kappa shape index (κ2) is 8.93. The lowest BCUT2D eigenvalue weighted by atomic mass is 10.1. The van der Waals surface area contributed by atoms with Crippen LogP contribution in [0.1, 0.15) is 55.6 Å². The highest BCUT2D eigenvalue weighted by Gasteiger charge is 2.26. The van der Waals surface area contributed by atoms with E-state index < -0.39 is 6.10 Å². The Labute approximate surface area is 176 Å². The molecule has 0 saturated heterocycles. The van der Waals surface area contributed by atoms with Crippen LogP contribution in [-0.4, -0.2) is 60.0 Å². The number of aliphatic imine (C=N–C) groups is 1. The van der Waals surface area contributed by atoms with Crippen molar-refractivity contribution in [3.63, 3.8) is 0 Å². The Kier molecular flexibility index (Phi) is 6.10. The molecule has 1 N–H and O–H groups in total. The summed E-state index contributed by atoms with van der Waals surface area (Å²) >= 11 is 0. The van der Waals surface area contributed by atoms with E-state index in [4.69, 9.17) is 9.73 Å². The van der Waals surface area contributed by atoms with Crippen LogP contribution in [0.3, 0.4) is 0 Å². The number of rotatable bonds is 9. The van der Waals surface area contributed by atoms with E-state index >= 15 is 0 Å². The molecule has 0 fully saturated rings. The van der Waals surface area contributed by atoms with E-state index in [0.717, 1.165) is 35.4 Å². The molecule has 0 radical (unpaired) electrons. The van der Waals surface area contributed by atoms with E-state index in [-0.39, 0.29) is 12.6 Å². The van der Waals surface area contributed by atoms with Crippen molar-refractivity contribution in [2.75, 3.05) is 13.7 Å². The molecule has 1 aliphatic rings. The van der Waals surface area contributed by atoms with E-state index in [1.54, 1.807) is 11.8 Å². The third-order valence-corrected chi connectivity index (χ3v) is 5.58. The fraction of sp³-hybridized carbons (Fsp3) is 0.524. The summed E-state index contributed by atoms with van der Waals surface area (Å²) in [6, 6.07) is 2.28. The number of nitrogens with zero attached hydrogens (tertiary/aromatic N) is 7. The molecule has 4 rings (SSSR count). The first kappa shape index (κ1) is 20.5. The number of hydrogen-bond acceptors (Lipinski definition) is 6. The molecule has 30 heavy (non-hydrogen) atoms. The van der Waals surface area contributed by atoms with Crippen LogP contribution in [0, 0.1) is 0 Å². The lowest BCUT2D eigenvalue weighted by Crippen LogP contribution is -2.23. The second-order valence-corrected chi connectivity index (χ2v) is 7.68. The highest BCUT2D eigenvalue weighted by Crippen LogP contribution is 2.28. The summed E-state index contributed by atoms with van der Waals surface area (Å²) in [6.45, 7) is 5.67. The predicted molar refractivity (Wildman–Crippen MR) is 113 cm³/mol. The Bertz CT molecular complexity index is 999. The molecule has 9 nitrogen and oxygen atoms in total. The molecule has 2 atom stereocenters. The molecule has 3 aromatic rings. The van der Waals surface area contributed by atoms with Gasteiger partial charge in [0.2, 0.25) is 0 Å². The number of aliphatic hydroxyl groups excluding tert-OH is 1. The van der Waals surface area contributed by atoms with Gasteiger partial charge in [-0.2, -0.15) is 15.3 Å². The molecule has 4 heterocycles. The Morgan fingerprint density at radius 2 is 2.00 bits per heavy atom. The van der Waals surface area contributed by atoms with E-state index in [1.165, 1.54) is 0 Å². The SMILES string of the molecule is CCC(CC)n1cc(C2=NC(c3cnn(C[C@H](O)COC)c3)Cn3nccc32)cn1. The van der Waals surface area contributed by atoms with Gasteiger partial charge in [-0.1, -0.05) is 13.8 Å². The summed E-state index contributed by atoms with van der Waals surface area (Å²) in [5.74, 6) is 0. The monoisotopic (exact) mass is 411 g/mol. The van der Waals surface area contributed by atoms with E-state index in [1.807, 2.05) is 40.2 Å². The summed E-state index contributed by atoms with van der Waals surface area (Å²) in [6.07, 6.45) is 11.0. The first-order valence-electron chi connectivity index (χ1n) is 10.5. The number of aliphatic hydroxyl groups is 1. The summed E-state index contributed by atoms with van der Waals surface area (Å²) in [5.41, 5.74) is 3.88. The molecule has 0 spiro atoms. The molecule has 0 aliphatic carbocycles. The van der Waals surface area contributed by atoms with Gasteiger partial charge in [0.25, 0.3) is 0 Å². The van der Waals surface area contributed by atoms with Crippen LogP contribution >= 0.6 is 0 Å². The van der Waals surface area contributed by atoms with Crippen molar-refractivity contribution in [1.82, 2.24) is 29.3 Å². The van der Waals surface area contributed by atoms with Crippen LogP contribution in [-0.2, 0) is 17.8 Å². The van der Waals surface area contributed by atoms with Crippen molar-refractivity contribution in [1.29, 1.82) is 0 Å². The van der Waals surface area contributed by atoms with E-state index in [2.05, 4.69) is 35.3 Å². The molecule has 3 aromatic heterocycles. The van der Waals surface area contributed by atoms with Gasteiger partial charge in [-0.05, 0) is 18.9 Å². The zero-order valence-electron chi connectivity index (χ0n) is 17.7. The average molecular weight is 412 g/mol. The normalized spacial score (nSPS) is 17.2. The predicted octanol–water partition coefficient (Wildman–Crippen LogP) is 2.24. The first-order chi connectivity index (χ1) is 14.6. The van der Waals surface area contributed by atoms with Crippen molar-refractivity contribution >= 4 is 5.71 Å². The topological polar surface area (TPSA) is 95.3 Å². The van der Waals surface area contributed by atoms with Gasteiger partial charge in [-0.25, -0.2) is 0 Å². The zero-order valence-corrected chi connectivity index (χ0v) is 17.7. The minimum absolute atomic E-state index is 0.0998. The highest BCUT2D eigenvalue weighted by molar-refractivity contribution is 6.12. The van der Waals surface area contributed by atoms with Crippen LogP contribution in [0.2, 0.25) is 0 Å². The molecule has 1 unspecified atom stereocenters. The van der Waals surface area contributed by atoms with E-state index in [9.17, 15) is 5.11 Å². The van der Waals surface area contributed by atoms with Crippen molar-refractivity contribution in [3.05, 3.63) is 53.9 Å². The molecule has 0 saturated carbocycles. The lowest BCUT2D eigenvalue weighted by molar-refractivity contribution is 0.0514. The van der Waals surface area contributed by atoms with Crippen LogP contribution < -0.4 is 0 Å². The minimum Gasteiger partial charge on any atom is -0.389 e. The largest absolute Gasteiger partial charge is 0.389 e. The van der Waals surface area contributed by atoms with Gasteiger partial charge in [-0.15, -0.1) is 0 Å².